The van der Waals surface area contributed by atoms with Gasteiger partial charge in [-0.05, 0) is 80.5 Å². The predicted molar refractivity (Wildman–Crippen MR) is 127 cm³/mol. The molecule has 1 atom stereocenters. The number of nitrogens with two attached hydrogens (primary N) is 1. The van der Waals surface area contributed by atoms with Crippen molar-refractivity contribution in [2.45, 2.75) is 51.5 Å². The van der Waals surface area contributed by atoms with Crippen LogP contribution < -0.4 is 10.5 Å². The molecule has 6 nitrogen and oxygen atoms in total. The molecule has 1 aliphatic carbocycles. The molecule has 2 aliphatic rings. The number of benzene rings is 1. The Morgan fingerprint density at radius 3 is 2.59 bits per heavy atom. The summed E-state index contributed by atoms with van der Waals surface area (Å²) in [5.74, 6) is 1.74. The minimum atomic E-state index is 0.296. The van der Waals surface area contributed by atoms with E-state index in [2.05, 4.69) is 46.1 Å². The van der Waals surface area contributed by atoms with E-state index in [0.717, 1.165) is 54.3 Å². The Kier molecular flexibility index (Phi) is 5.79. The maximum Gasteiger partial charge on any atom is 0.219 e. The van der Waals surface area contributed by atoms with Crippen molar-refractivity contribution >= 4 is 5.95 Å². The Morgan fingerprint density at radius 2 is 1.81 bits per heavy atom. The Balaban J connectivity index is 1.36. The zero-order valence-corrected chi connectivity index (χ0v) is 19.0. The van der Waals surface area contributed by atoms with Gasteiger partial charge in [0.25, 0.3) is 0 Å². The number of ether oxygens (including phenoxy) is 1. The van der Waals surface area contributed by atoms with Gasteiger partial charge in [0.2, 0.25) is 5.95 Å². The first-order valence-electron chi connectivity index (χ1n) is 11.6. The minimum absolute atomic E-state index is 0.296. The summed E-state index contributed by atoms with van der Waals surface area (Å²) in [7, 11) is 1.79. The van der Waals surface area contributed by atoms with E-state index >= 15 is 0 Å². The first-order valence-corrected chi connectivity index (χ1v) is 11.6. The third-order valence-corrected chi connectivity index (χ3v) is 6.79. The Morgan fingerprint density at radius 1 is 1.03 bits per heavy atom. The largest absolute Gasteiger partial charge is 0.496 e. The molecule has 0 unspecified atom stereocenters. The molecule has 1 fully saturated rings. The molecule has 1 aliphatic heterocycles. The van der Waals surface area contributed by atoms with Crippen LogP contribution in [0.15, 0.2) is 36.7 Å². The number of aromatic nitrogens is 3. The highest BCUT2D eigenvalue weighted by Crippen LogP contribution is 2.33. The van der Waals surface area contributed by atoms with E-state index in [4.69, 9.17) is 15.5 Å². The van der Waals surface area contributed by atoms with E-state index < -0.39 is 0 Å². The van der Waals surface area contributed by atoms with Gasteiger partial charge in [0.05, 0.1) is 7.11 Å². The Bertz CT molecular complexity index is 1110. The van der Waals surface area contributed by atoms with Gasteiger partial charge in [-0.2, -0.15) is 0 Å². The molecule has 2 N–H and O–H groups in total. The number of fused-ring (bicyclic) bond motifs is 1. The summed E-state index contributed by atoms with van der Waals surface area (Å²) in [5, 5.41) is 0. The summed E-state index contributed by atoms with van der Waals surface area (Å²) in [5.41, 5.74) is 14.2. The number of methoxy groups -OCH3 is 1. The molecule has 5 rings (SSSR count). The molecule has 6 heteroatoms. The van der Waals surface area contributed by atoms with Gasteiger partial charge in [-0.15, -0.1) is 0 Å². The van der Waals surface area contributed by atoms with Crippen LogP contribution >= 0.6 is 0 Å². The van der Waals surface area contributed by atoms with E-state index in [1.807, 2.05) is 0 Å². The molecule has 0 spiro atoms. The van der Waals surface area contributed by atoms with E-state index in [9.17, 15) is 0 Å². The monoisotopic (exact) mass is 429 g/mol. The SMILES string of the molecule is COc1cc2c(cc1CN1CCC[C@H](c3cc(-c4cnc(N)nc4)cc(C)n3)C1)CCC2. The number of piperidine rings is 1. The highest BCUT2D eigenvalue weighted by atomic mass is 16.5. The van der Waals surface area contributed by atoms with Crippen molar-refractivity contribution in [3.05, 3.63) is 64.7 Å². The summed E-state index contributed by atoms with van der Waals surface area (Å²) in [6.45, 7) is 5.11. The summed E-state index contributed by atoms with van der Waals surface area (Å²) < 4.78 is 5.75. The minimum Gasteiger partial charge on any atom is -0.496 e. The first kappa shape index (κ1) is 20.9. The molecule has 2 aromatic heterocycles. The number of hydrogen-bond donors (Lipinski definition) is 1. The van der Waals surface area contributed by atoms with Crippen LogP contribution in [0.5, 0.6) is 5.75 Å². The molecule has 3 heterocycles. The second-order valence-electron chi connectivity index (χ2n) is 9.11. The third kappa shape index (κ3) is 4.32. The average Bonchev–Trinajstić information content (AvgIpc) is 3.26. The topological polar surface area (TPSA) is 77.2 Å². The molecule has 1 saturated heterocycles. The smallest absolute Gasteiger partial charge is 0.219 e. The van der Waals surface area contributed by atoms with Crippen LogP contribution in [0.2, 0.25) is 0 Å². The van der Waals surface area contributed by atoms with Crippen LogP contribution in [-0.4, -0.2) is 40.1 Å². The van der Waals surface area contributed by atoms with Crippen molar-refractivity contribution < 1.29 is 4.74 Å². The van der Waals surface area contributed by atoms with E-state index in [1.165, 1.54) is 42.4 Å². The lowest BCUT2D eigenvalue weighted by molar-refractivity contribution is 0.196. The highest BCUT2D eigenvalue weighted by Gasteiger charge is 2.25. The fourth-order valence-corrected chi connectivity index (χ4v) is 5.20. The maximum atomic E-state index is 5.75. The van der Waals surface area contributed by atoms with Gasteiger partial charge in [-0.1, -0.05) is 6.07 Å². The lowest BCUT2D eigenvalue weighted by Gasteiger charge is -2.33. The molecule has 3 aromatic rings. The van der Waals surface area contributed by atoms with E-state index in [1.54, 1.807) is 19.5 Å². The van der Waals surface area contributed by atoms with Crippen LogP contribution in [0.4, 0.5) is 5.95 Å². The third-order valence-electron chi connectivity index (χ3n) is 6.79. The highest BCUT2D eigenvalue weighted by molar-refractivity contribution is 5.63. The average molecular weight is 430 g/mol. The fraction of sp³-hybridized carbons (Fsp3) is 0.423. The second-order valence-corrected chi connectivity index (χ2v) is 9.11. The predicted octanol–water partition coefficient (Wildman–Crippen LogP) is 4.31. The van der Waals surface area contributed by atoms with Crippen molar-refractivity contribution in [3.63, 3.8) is 0 Å². The summed E-state index contributed by atoms with van der Waals surface area (Å²) >= 11 is 0. The molecule has 0 radical (unpaired) electrons. The van der Waals surface area contributed by atoms with Crippen LogP contribution in [0.25, 0.3) is 11.1 Å². The maximum absolute atomic E-state index is 5.75. The summed E-state index contributed by atoms with van der Waals surface area (Å²) in [6, 6.07) is 8.94. The number of rotatable bonds is 5. The molecule has 32 heavy (non-hydrogen) atoms. The first-order chi connectivity index (χ1) is 15.6. The number of pyridine rings is 1. The molecule has 166 valence electrons. The van der Waals surface area contributed by atoms with Crippen LogP contribution in [0, 0.1) is 6.92 Å². The molecule has 0 amide bonds. The Labute approximate surface area is 189 Å². The number of nitrogen functional groups attached to an aromatic ring is 1. The van der Waals surface area contributed by atoms with Gasteiger partial charge in [-0.25, -0.2) is 9.97 Å². The van der Waals surface area contributed by atoms with E-state index in [0.29, 0.717) is 11.9 Å². The van der Waals surface area contributed by atoms with Crippen LogP contribution in [0.1, 0.15) is 53.3 Å². The number of nitrogens with zero attached hydrogens (tertiary/aromatic N) is 4. The van der Waals surface area contributed by atoms with Gasteiger partial charge in [0.15, 0.2) is 0 Å². The van der Waals surface area contributed by atoms with Crippen LogP contribution in [-0.2, 0) is 19.4 Å². The standard InChI is InChI=1S/C26H31N5O/c1-17-9-21(23-13-28-26(27)29-14-23)11-24(30-17)20-7-4-8-31(15-20)16-22-10-18-5-3-6-19(18)12-25(22)32-2/h9-14,20H,3-8,15-16H2,1-2H3,(H2,27,28,29)/t20-/m0/s1. The van der Waals surface area contributed by atoms with E-state index in [-0.39, 0.29) is 0 Å². The lowest BCUT2D eigenvalue weighted by atomic mass is 9.92. The molecule has 0 saturated carbocycles. The van der Waals surface area contributed by atoms with Crippen molar-refractivity contribution in [1.82, 2.24) is 19.9 Å². The van der Waals surface area contributed by atoms with Crippen molar-refractivity contribution in [3.8, 4) is 16.9 Å². The fourth-order valence-electron chi connectivity index (χ4n) is 5.20. The Hall–Kier alpha value is -2.99. The number of anilines is 1. The summed E-state index contributed by atoms with van der Waals surface area (Å²) in [6.07, 6.45) is 9.54. The zero-order chi connectivity index (χ0) is 22.1. The molecule has 1 aromatic carbocycles. The van der Waals surface area contributed by atoms with Gasteiger partial charge in [-0.3, -0.25) is 9.88 Å². The molecular formula is C26H31N5O. The lowest BCUT2D eigenvalue weighted by Crippen LogP contribution is -2.34. The molecule has 0 bridgehead atoms. The van der Waals surface area contributed by atoms with Gasteiger partial charge in [0, 0.05) is 53.9 Å². The number of hydrogen-bond acceptors (Lipinski definition) is 6. The molecular weight excluding hydrogens is 398 g/mol. The van der Waals surface area contributed by atoms with Crippen molar-refractivity contribution in [2.24, 2.45) is 0 Å². The van der Waals surface area contributed by atoms with Crippen LogP contribution in [0.3, 0.4) is 0 Å². The van der Waals surface area contributed by atoms with Gasteiger partial charge < -0.3 is 10.5 Å². The summed E-state index contributed by atoms with van der Waals surface area (Å²) in [4.78, 5) is 15.8. The quantitative estimate of drug-likeness (QED) is 0.651. The zero-order valence-electron chi connectivity index (χ0n) is 19.0. The number of aryl methyl sites for hydroxylation is 3. The normalized spacial score (nSPS) is 18.5. The second kappa shape index (κ2) is 8.87. The van der Waals surface area contributed by atoms with Gasteiger partial charge in [0.1, 0.15) is 5.75 Å². The van der Waals surface area contributed by atoms with Gasteiger partial charge >= 0.3 is 0 Å². The number of likely N-dealkylation sites (tertiary alicyclic amines) is 1. The van der Waals surface area contributed by atoms with Crippen molar-refractivity contribution in [1.29, 1.82) is 0 Å². The van der Waals surface area contributed by atoms with Crippen molar-refractivity contribution in [2.75, 3.05) is 25.9 Å².